The van der Waals surface area contributed by atoms with Crippen LogP contribution in [0.2, 0.25) is 0 Å². The van der Waals surface area contributed by atoms with Gasteiger partial charge in [-0.2, -0.15) is 0 Å². The molecule has 1 aliphatic carbocycles. The zero-order valence-corrected chi connectivity index (χ0v) is 19.2. The number of benzene rings is 2. The largest absolute Gasteiger partial charge is 0.489 e. The van der Waals surface area contributed by atoms with Crippen molar-refractivity contribution in [2.45, 2.75) is 90.6 Å². The van der Waals surface area contributed by atoms with Crippen molar-refractivity contribution in [1.29, 1.82) is 0 Å². The molecule has 0 atom stereocenters. The third-order valence-electron chi connectivity index (χ3n) is 6.55. The Hall–Kier alpha value is -2.09. The summed E-state index contributed by atoms with van der Waals surface area (Å²) in [5.41, 5.74) is 6.59. The van der Waals surface area contributed by atoms with E-state index < -0.39 is 0 Å². The van der Waals surface area contributed by atoms with Crippen molar-refractivity contribution in [3.8, 4) is 5.75 Å². The van der Waals surface area contributed by atoms with Crippen LogP contribution in [0.3, 0.4) is 0 Å². The third-order valence-corrected chi connectivity index (χ3v) is 6.55. The van der Waals surface area contributed by atoms with E-state index in [4.69, 9.17) is 4.74 Å². The second-order valence-corrected chi connectivity index (χ2v) is 10.9. The lowest BCUT2D eigenvalue weighted by atomic mass is 9.63. The van der Waals surface area contributed by atoms with Crippen molar-refractivity contribution in [2.75, 3.05) is 0 Å². The maximum Gasteiger partial charge on any atom is 0.124 e. The highest BCUT2D eigenvalue weighted by Crippen LogP contribution is 2.47. The van der Waals surface area contributed by atoms with Gasteiger partial charge in [-0.1, -0.05) is 78.8 Å². The van der Waals surface area contributed by atoms with Crippen LogP contribution >= 0.6 is 0 Å². The smallest absolute Gasteiger partial charge is 0.124 e. The van der Waals surface area contributed by atoms with Crippen molar-refractivity contribution in [3.63, 3.8) is 0 Å². The lowest BCUT2D eigenvalue weighted by Gasteiger charge is -2.42. The maximum absolute atomic E-state index is 11.3. The van der Waals surface area contributed by atoms with E-state index in [-0.39, 0.29) is 16.2 Å². The minimum absolute atomic E-state index is 0.122. The number of rotatable bonds is 5. The Bertz CT molecular complexity index is 880. The molecule has 0 saturated heterocycles. The normalized spacial score (nSPS) is 17.5. The van der Waals surface area contributed by atoms with E-state index >= 15 is 0 Å². The van der Waals surface area contributed by atoms with E-state index in [0.717, 1.165) is 36.0 Å². The number of carbonyl (C=O) groups is 1. The molecule has 0 aromatic heterocycles. The van der Waals surface area contributed by atoms with Crippen molar-refractivity contribution in [1.82, 2.24) is 0 Å². The molecule has 0 amide bonds. The van der Waals surface area contributed by atoms with Gasteiger partial charge in [-0.25, -0.2) is 0 Å². The van der Waals surface area contributed by atoms with E-state index in [0.29, 0.717) is 13.0 Å². The Labute approximate surface area is 176 Å². The maximum atomic E-state index is 11.3. The van der Waals surface area contributed by atoms with Gasteiger partial charge in [0.05, 0.1) is 0 Å². The van der Waals surface area contributed by atoms with Crippen LogP contribution in [0, 0.1) is 0 Å². The highest BCUT2D eigenvalue weighted by Gasteiger charge is 2.37. The quantitative estimate of drug-likeness (QED) is 0.532. The molecule has 0 radical (unpaired) electrons. The van der Waals surface area contributed by atoms with Gasteiger partial charge in [0.1, 0.15) is 18.6 Å². The van der Waals surface area contributed by atoms with Crippen molar-refractivity contribution < 1.29 is 9.53 Å². The summed E-state index contributed by atoms with van der Waals surface area (Å²) in [6.45, 7) is 16.4. The van der Waals surface area contributed by atoms with Crippen LogP contribution in [0.5, 0.6) is 5.75 Å². The fourth-order valence-corrected chi connectivity index (χ4v) is 4.28. The first-order chi connectivity index (χ1) is 13.4. The molecule has 0 aliphatic heterocycles. The van der Waals surface area contributed by atoms with Crippen LogP contribution < -0.4 is 4.74 Å². The highest BCUT2D eigenvalue weighted by molar-refractivity contribution is 5.60. The second-order valence-electron chi connectivity index (χ2n) is 10.9. The number of hydrogen-bond acceptors (Lipinski definition) is 2. The number of aldehydes is 1. The Morgan fingerprint density at radius 3 is 2.00 bits per heavy atom. The van der Waals surface area contributed by atoms with Gasteiger partial charge in [0, 0.05) is 12.0 Å². The molecule has 0 spiro atoms. The molecular formula is C27H36O2. The summed E-state index contributed by atoms with van der Waals surface area (Å²) in [7, 11) is 0. The molecule has 0 heterocycles. The molecule has 2 nitrogen and oxygen atoms in total. The lowest BCUT2D eigenvalue weighted by Crippen LogP contribution is -2.34. The third kappa shape index (κ3) is 4.57. The highest BCUT2D eigenvalue weighted by atomic mass is 16.5. The van der Waals surface area contributed by atoms with Crippen LogP contribution in [0.25, 0.3) is 0 Å². The molecule has 0 N–H and O–H groups in total. The molecule has 0 fully saturated rings. The van der Waals surface area contributed by atoms with E-state index in [1.807, 2.05) is 0 Å². The summed E-state index contributed by atoms with van der Waals surface area (Å²) >= 11 is 0. The van der Waals surface area contributed by atoms with Crippen molar-refractivity contribution >= 4 is 6.29 Å². The fraction of sp³-hybridized carbons (Fsp3) is 0.519. The Balaban J connectivity index is 1.91. The monoisotopic (exact) mass is 392 g/mol. The van der Waals surface area contributed by atoms with E-state index in [2.05, 4.69) is 84.9 Å². The standard InChI is InChI=1S/C27H36O2/c1-25(2,3)21-10-8-19(9-11-21)18-29-24-17-23-22(16-20(24)12-15-28)26(4,5)13-14-27(23,6)7/h8-11,15-17H,12-14,18H2,1-7H3. The average molecular weight is 393 g/mol. The predicted octanol–water partition coefficient (Wildman–Crippen LogP) is 6.65. The summed E-state index contributed by atoms with van der Waals surface area (Å²) in [6, 6.07) is 13.1. The summed E-state index contributed by atoms with van der Waals surface area (Å²) < 4.78 is 6.27. The Morgan fingerprint density at radius 1 is 0.931 bits per heavy atom. The molecule has 0 unspecified atom stereocenters. The number of carbonyl (C=O) groups excluding carboxylic acids is 1. The summed E-state index contributed by atoms with van der Waals surface area (Å²) in [6.07, 6.45) is 3.69. The van der Waals surface area contributed by atoms with Crippen LogP contribution in [0.15, 0.2) is 36.4 Å². The van der Waals surface area contributed by atoms with Gasteiger partial charge >= 0.3 is 0 Å². The van der Waals surface area contributed by atoms with Gasteiger partial charge in [0.15, 0.2) is 0 Å². The fourth-order valence-electron chi connectivity index (χ4n) is 4.28. The van der Waals surface area contributed by atoms with Gasteiger partial charge in [0.25, 0.3) is 0 Å². The molecular weight excluding hydrogens is 356 g/mol. The minimum Gasteiger partial charge on any atom is -0.489 e. The van der Waals surface area contributed by atoms with Crippen LogP contribution in [0.1, 0.15) is 89.1 Å². The SMILES string of the molecule is CC(C)(C)c1ccc(COc2cc3c(cc2CC=O)C(C)(C)CCC3(C)C)cc1. The van der Waals surface area contributed by atoms with Crippen LogP contribution in [0.4, 0.5) is 0 Å². The Morgan fingerprint density at radius 2 is 1.48 bits per heavy atom. The molecule has 1 aliphatic rings. The molecule has 156 valence electrons. The van der Waals surface area contributed by atoms with Crippen LogP contribution in [-0.2, 0) is 34.1 Å². The minimum atomic E-state index is 0.122. The topological polar surface area (TPSA) is 26.3 Å². The first kappa shape index (κ1) is 21.6. The lowest BCUT2D eigenvalue weighted by molar-refractivity contribution is -0.107. The van der Waals surface area contributed by atoms with Gasteiger partial charge in [-0.15, -0.1) is 0 Å². The van der Waals surface area contributed by atoms with Gasteiger partial charge < -0.3 is 9.53 Å². The summed E-state index contributed by atoms with van der Waals surface area (Å²) in [4.78, 5) is 11.3. The molecule has 0 saturated carbocycles. The first-order valence-electron chi connectivity index (χ1n) is 10.8. The molecule has 29 heavy (non-hydrogen) atoms. The summed E-state index contributed by atoms with van der Waals surface area (Å²) in [5, 5.41) is 0. The second kappa shape index (κ2) is 7.63. The van der Waals surface area contributed by atoms with Crippen molar-refractivity contribution in [2.24, 2.45) is 0 Å². The molecule has 3 rings (SSSR count). The first-order valence-corrected chi connectivity index (χ1v) is 10.8. The van der Waals surface area contributed by atoms with E-state index in [1.165, 1.54) is 16.7 Å². The van der Waals surface area contributed by atoms with E-state index in [9.17, 15) is 4.79 Å². The molecule has 2 aromatic rings. The van der Waals surface area contributed by atoms with Gasteiger partial charge in [-0.3, -0.25) is 0 Å². The van der Waals surface area contributed by atoms with Crippen molar-refractivity contribution in [3.05, 3.63) is 64.2 Å². The molecule has 0 bridgehead atoms. The average Bonchev–Trinajstić information content (AvgIpc) is 2.64. The van der Waals surface area contributed by atoms with Crippen LogP contribution in [-0.4, -0.2) is 6.29 Å². The zero-order valence-electron chi connectivity index (χ0n) is 19.2. The molecule has 2 heteroatoms. The molecule has 2 aromatic carbocycles. The van der Waals surface area contributed by atoms with E-state index in [1.54, 1.807) is 0 Å². The Kier molecular flexibility index (Phi) is 5.69. The van der Waals surface area contributed by atoms with Gasteiger partial charge in [0.2, 0.25) is 0 Å². The predicted molar refractivity (Wildman–Crippen MR) is 121 cm³/mol. The number of fused-ring (bicyclic) bond motifs is 1. The zero-order chi connectivity index (χ0) is 21.4. The van der Waals surface area contributed by atoms with Gasteiger partial charge in [-0.05, 0) is 57.4 Å². The number of ether oxygens (including phenoxy) is 1. The number of hydrogen-bond donors (Lipinski definition) is 0. The summed E-state index contributed by atoms with van der Waals surface area (Å²) in [5.74, 6) is 0.849.